The monoisotopic (exact) mass is 458 g/mol. The first-order valence-electron chi connectivity index (χ1n) is 10.8. The molecule has 0 bridgehead atoms. The molecule has 0 saturated carbocycles. The maximum atomic E-state index is 13.9. The molecule has 2 aliphatic rings. The normalized spacial score (nSPS) is 20.1. The van der Waals surface area contributed by atoms with Crippen LogP contribution in [0.2, 0.25) is 5.02 Å². The van der Waals surface area contributed by atoms with E-state index in [1.54, 1.807) is 28.8 Å². The molecule has 170 valence electrons. The Balaban J connectivity index is 1.93. The van der Waals surface area contributed by atoms with Crippen LogP contribution in [-0.4, -0.2) is 30.4 Å². The summed E-state index contributed by atoms with van der Waals surface area (Å²) in [6, 6.07) is 8.85. The fourth-order valence-electron chi connectivity index (χ4n) is 4.47. The number of hydrogen-bond donors (Lipinski definition) is 1. The van der Waals surface area contributed by atoms with Gasteiger partial charge >= 0.3 is 5.97 Å². The Morgan fingerprint density at radius 3 is 2.69 bits per heavy atom. The van der Waals surface area contributed by atoms with E-state index in [-0.39, 0.29) is 23.1 Å². The molecular weight excluding hydrogens is 432 g/mol. The predicted octanol–water partition coefficient (Wildman–Crippen LogP) is 3.50. The zero-order chi connectivity index (χ0) is 22.8. The van der Waals surface area contributed by atoms with Crippen molar-refractivity contribution in [1.82, 2.24) is 4.57 Å². The summed E-state index contributed by atoms with van der Waals surface area (Å²) in [5.41, 5.74) is 7.98. The molecule has 1 aromatic heterocycles. The molecule has 32 heavy (non-hydrogen) atoms. The molecule has 7 nitrogen and oxygen atoms in total. The summed E-state index contributed by atoms with van der Waals surface area (Å²) in [6.45, 7) is 3.22. The van der Waals surface area contributed by atoms with Crippen molar-refractivity contribution in [3.05, 3.63) is 74.0 Å². The van der Waals surface area contributed by atoms with Gasteiger partial charge in [-0.2, -0.15) is 0 Å². The highest BCUT2D eigenvalue weighted by Crippen LogP contribution is 2.41. The van der Waals surface area contributed by atoms with Gasteiger partial charge in [0.15, 0.2) is 0 Å². The second-order valence-corrected chi connectivity index (χ2v) is 8.51. The summed E-state index contributed by atoms with van der Waals surface area (Å²) in [5.74, 6) is -1.08. The first kappa shape index (κ1) is 22.4. The number of nitrogens with zero attached hydrogens (tertiary/aromatic N) is 1. The summed E-state index contributed by atoms with van der Waals surface area (Å²) in [4.78, 5) is 26.6. The molecule has 0 amide bonds. The number of rotatable bonds is 6. The van der Waals surface area contributed by atoms with Gasteiger partial charge in [0.25, 0.3) is 5.56 Å². The molecule has 0 radical (unpaired) electrons. The first-order chi connectivity index (χ1) is 15.4. The number of methoxy groups -OCH3 is 1. The molecule has 2 aromatic rings. The minimum Gasteiger partial charge on any atom is -0.465 e. The van der Waals surface area contributed by atoms with E-state index in [1.807, 2.05) is 6.07 Å². The van der Waals surface area contributed by atoms with E-state index in [0.717, 1.165) is 25.0 Å². The first-order valence-corrected chi connectivity index (χ1v) is 11.2. The zero-order valence-electron chi connectivity index (χ0n) is 18.2. The Labute approximate surface area is 191 Å². The van der Waals surface area contributed by atoms with Crippen LogP contribution in [0, 0.1) is 0 Å². The van der Waals surface area contributed by atoms with Crippen LogP contribution in [0.15, 0.2) is 46.6 Å². The van der Waals surface area contributed by atoms with Crippen LogP contribution in [-0.2, 0) is 27.2 Å². The number of benzene rings is 1. The quantitative estimate of drug-likeness (QED) is 0.666. The van der Waals surface area contributed by atoms with Gasteiger partial charge in [-0.05, 0) is 37.0 Å². The molecule has 2 atom stereocenters. The summed E-state index contributed by atoms with van der Waals surface area (Å²) in [5, 5.41) is 0.548. The largest absolute Gasteiger partial charge is 0.465 e. The highest BCUT2D eigenvalue weighted by Gasteiger charge is 2.38. The number of pyridine rings is 1. The smallest absolute Gasteiger partial charge is 0.340 e. The molecule has 2 N–H and O–H groups in total. The Morgan fingerprint density at radius 2 is 2.06 bits per heavy atom. The average Bonchev–Trinajstić information content (AvgIpc) is 3.29. The van der Waals surface area contributed by atoms with Gasteiger partial charge in [-0.3, -0.25) is 4.79 Å². The van der Waals surface area contributed by atoms with Gasteiger partial charge in [0, 0.05) is 23.4 Å². The number of nitrogens with two attached hydrogens (primary N) is 1. The van der Waals surface area contributed by atoms with Gasteiger partial charge < -0.3 is 24.5 Å². The van der Waals surface area contributed by atoms with Crippen molar-refractivity contribution < 1.29 is 19.0 Å². The molecule has 1 fully saturated rings. The summed E-state index contributed by atoms with van der Waals surface area (Å²) >= 11 is 6.08. The van der Waals surface area contributed by atoms with Crippen molar-refractivity contribution >= 4 is 17.6 Å². The van der Waals surface area contributed by atoms with Crippen molar-refractivity contribution in [2.24, 2.45) is 5.73 Å². The van der Waals surface area contributed by atoms with E-state index in [2.05, 4.69) is 6.92 Å². The van der Waals surface area contributed by atoms with E-state index < -0.39 is 11.9 Å². The summed E-state index contributed by atoms with van der Waals surface area (Å²) in [6.07, 6.45) is 3.45. The molecule has 8 heteroatoms. The lowest BCUT2D eigenvalue weighted by Gasteiger charge is -2.29. The van der Waals surface area contributed by atoms with Crippen LogP contribution in [0.3, 0.4) is 0 Å². The number of aromatic nitrogens is 1. The molecular formula is C24H27ClN2O5. The minimum absolute atomic E-state index is 0.0134. The average molecular weight is 459 g/mol. The molecule has 3 heterocycles. The van der Waals surface area contributed by atoms with Crippen LogP contribution < -0.4 is 16.0 Å². The maximum Gasteiger partial charge on any atom is 0.340 e. The van der Waals surface area contributed by atoms with Gasteiger partial charge in [-0.1, -0.05) is 37.1 Å². The Kier molecular flexibility index (Phi) is 6.58. The zero-order valence-corrected chi connectivity index (χ0v) is 19.0. The SMILES string of the molecule is CCCc1cc2c(c(=O)n1CC1CCCO1)C(c1ccc(Cl)cc1)C(C(=O)OC)=C(N)O2. The lowest BCUT2D eigenvalue weighted by molar-refractivity contribution is -0.136. The number of esters is 1. The number of fused-ring (bicyclic) bond motifs is 1. The van der Waals surface area contributed by atoms with Gasteiger partial charge in [0.1, 0.15) is 11.3 Å². The van der Waals surface area contributed by atoms with Crippen LogP contribution in [0.1, 0.15) is 48.9 Å². The Hall–Kier alpha value is -2.77. The van der Waals surface area contributed by atoms with Crippen molar-refractivity contribution in [3.63, 3.8) is 0 Å². The van der Waals surface area contributed by atoms with E-state index in [1.165, 1.54) is 7.11 Å². The summed E-state index contributed by atoms with van der Waals surface area (Å²) in [7, 11) is 1.27. The Bertz CT molecular complexity index is 1100. The molecule has 1 saturated heterocycles. The fraction of sp³-hybridized carbons (Fsp3) is 0.417. The van der Waals surface area contributed by atoms with Gasteiger partial charge in [0.2, 0.25) is 5.88 Å². The number of aryl methyl sites for hydroxylation is 1. The number of ether oxygens (including phenoxy) is 3. The number of hydrogen-bond acceptors (Lipinski definition) is 6. The van der Waals surface area contributed by atoms with Crippen LogP contribution in [0.25, 0.3) is 0 Å². The molecule has 1 aromatic carbocycles. The van der Waals surface area contributed by atoms with Crippen molar-refractivity contribution in [2.45, 2.75) is 51.2 Å². The summed E-state index contributed by atoms with van der Waals surface area (Å²) < 4.78 is 18.4. The third kappa shape index (κ3) is 4.14. The fourth-order valence-corrected chi connectivity index (χ4v) is 4.60. The number of carbonyl (C=O) groups is 1. The van der Waals surface area contributed by atoms with Gasteiger partial charge in [-0.15, -0.1) is 0 Å². The molecule has 2 unspecified atom stereocenters. The van der Waals surface area contributed by atoms with Crippen molar-refractivity contribution in [3.8, 4) is 5.75 Å². The van der Waals surface area contributed by atoms with Crippen LogP contribution >= 0.6 is 11.6 Å². The highest BCUT2D eigenvalue weighted by atomic mass is 35.5. The second kappa shape index (κ2) is 9.38. The van der Waals surface area contributed by atoms with E-state index >= 15 is 0 Å². The van der Waals surface area contributed by atoms with Crippen LogP contribution in [0.4, 0.5) is 0 Å². The van der Waals surface area contributed by atoms with Gasteiger partial charge in [-0.25, -0.2) is 4.79 Å². The topological polar surface area (TPSA) is 92.8 Å². The van der Waals surface area contributed by atoms with E-state index in [9.17, 15) is 9.59 Å². The highest BCUT2D eigenvalue weighted by molar-refractivity contribution is 6.30. The molecule has 0 aliphatic carbocycles. The minimum atomic E-state index is -0.734. The molecule has 4 rings (SSSR count). The third-order valence-corrected chi connectivity index (χ3v) is 6.23. The molecule has 2 aliphatic heterocycles. The van der Waals surface area contributed by atoms with Gasteiger partial charge in [0.05, 0.1) is 31.2 Å². The Morgan fingerprint density at radius 1 is 1.31 bits per heavy atom. The van der Waals surface area contributed by atoms with Crippen molar-refractivity contribution in [1.29, 1.82) is 0 Å². The van der Waals surface area contributed by atoms with Crippen molar-refractivity contribution in [2.75, 3.05) is 13.7 Å². The number of halogens is 1. The predicted molar refractivity (Wildman–Crippen MR) is 121 cm³/mol. The lowest BCUT2D eigenvalue weighted by Crippen LogP contribution is -2.37. The number of carbonyl (C=O) groups excluding carboxylic acids is 1. The third-order valence-electron chi connectivity index (χ3n) is 5.97. The van der Waals surface area contributed by atoms with E-state index in [4.69, 9.17) is 31.5 Å². The standard InChI is InChI=1S/C24H27ClN2O5/c1-3-5-16-12-18-20(23(28)27(16)13-17-6-4-11-31-17)19(14-7-9-15(25)10-8-14)21(22(26)32-18)24(29)30-2/h7-10,12,17,19H,3-6,11,13,26H2,1-2H3. The van der Waals surface area contributed by atoms with Crippen LogP contribution in [0.5, 0.6) is 5.75 Å². The maximum absolute atomic E-state index is 13.9. The van der Waals surface area contributed by atoms with E-state index in [0.29, 0.717) is 41.5 Å². The lowest BCUT2D eigenvalue weighted by atomic mass is 9.83. The molecule has 0 spiro atoms. The second-order valence-electron chi connectivity index (χ2n) is 8.07.